The molecule has 0 bridgehead atoms. The Morgan fingerprint density at radius 3 is 2.10 bits per heavy atom. The third kappa shape index (κ3) is 5.20. The van der Waals surface area contributed by atoms with E-state index in [0.717, 1.165) is 0 Å². The fourth-order valence-electron chi connectivity index (χ4n) is 2.90. The Bertz CT molecular complexity index is 995. The molecule has 0 fully saturated rings. The summed E-state index contributed by atoms with van der Waals surface area (Å²) < 4.78 is 34.8. The zero-order valence-corrected chi connectivity index (χ0v) is 16.9. The molecule has 0 aliphatic carbocycles. The molecule has 156 valence electrons. The summed E-state index contributed by atoms with van der Waals surface area (Å²) in [5.41, 5.74) is 1.33. The maximum atomic E-state index is 13.2. The second kappa shape index (κ2) is 9.65. The molecule has 7 heteroatoms. The van der Waals surface area contributed by atoms with Crippen molar-refractivity contribution in [1.29, 1.82) is 0 Å². The summed E-state index contributed by atoms with van der Waals surface area (Å²) in [5.74, 6) is 1.79. The number of hydrogen-bond acceptors (Lipinski definition) is 5. The van der Waals surface area contributed by atoms with Crippen LogP contribution in [0, 0.1) is 5.82 Å². The molecule has 0 heterocycles. The zero-order chi connectivity index (χ0) is 21.5. The van der Waals surface area contributed by atoms with Gasteiger partial charge in [0.15, 0.2) is 11.5 Å². The molecule has 0 saturated heterocycles. The first-order valence-electron chi connectivity index (χ1n) is 9.14. The van der Waals surface area contributed by atoms with Crippen LogP contribution < -0.4 is 24.3 Å². The van der Waals surface area contributed by atoms with E-state index in [-0.39, 0.29) is 18.1 Å². The molecular weight excluding hydrogens is 389 g/mol. The lowest BCUT2D eigenvalue weighted by Gasteiger charge is -2.14. The highest BCUT2D eigenvalue weighted by Gasteiger charge is 2.15. The summed E-state index contributed by atoms with van der Waals surface area (Å²) in [6.45, 7) is 0. The Morgan fingerprint density at radius 1 is 0.867 bits per heavy atom. The largest absolute Gasteiger partial charge is 0.493 e. The molecule has 0 atom stereocenters. The van der Waals surface area contributed by atoms with E-state index >= 15 is 0 Å². The van der Waals surface area contributed by atoms with Crippen LogP contribution in [0.5, 0.6) is 28.7 Å². The first-order chi connectivity index (χ1) is 14.5. The van der Waals surface area contributed by atoms with Crippen molar-refractivity contribution in [3.8, 4) is 28.7 Å². The molecule has 0 saturated carbocycles. The van der Waals surface area contributed by atoms with Crippen LogP contribution >= 0.6 is 0 Å². The van der Waals surface area contributed by atoms with E-state index in [1.807, 2.05) is 0 Å². The van der Waals surface area contributed by atoms with Crippen molar-refractivity contribution in [2.24, 2.45) is 0 Å². The summed E-state index contributed by atoms with van der Waals surface area (Å²) in [4.78, 5) is 12.5. The van der Waals surface area contributed by atoms with Crippen LogP contribution in [0.25, 0.3) is 0 Å². The van der Waals surface area contributed by atoms with Crippen molar-refractivity contribution >= 4 is 11.6 Å². The van der Waals surface area contributed by atoms with Crippen LogP contribution in [0.3, 0.4) is 0 Å². The summed E-state index contributed by atoms with van der Waals surface area (Å²) >= 11 is 0. The number of carbonyl (C=O) groups is 1. The Labute approximate surface area is 174 Å². The SMILES string of the molecule is COc1cc(CC(=O)Nc2ccc(Oc3cccc(F)c3)cc2)cc(OC)c1OC. The fourth-order valence-corrected chi connectivity index (χ4v) is 2.90. The smallest absolute Gasteiger partial charge is 0.228 e. The Kier molecular flexibility index (Phi) is 6.75. The Morgan fingerprint density at radius 2 is 1.53 bits per heavy atom. The number of benzene rings is 3. The maximum absolute atomic E-state index is 13.2. The van der Waals surface area contributed by atoms with E-state index in [1.165, 1.54) is 33.5 Å². The van der Waals surface area contributed by atoms with E-state index in [1.54, 1.807) is 48.5 Å². The Balaban J connectivity index is 1.65. The van der Waals surface area contributed by atoms with Crippen molar-refractivity contribution in [3.63, 3.8) is 0 Å². The van der Waals surface area contributed by atoms with Gasteiger partial charge in [-0.15, -0.1) is 0 Å². The molecule has 0 aliphatic heterocycles. The number of amides is 1. The van der Waals surface area contributed by atoms with Crippen LogP contribution in [-0.2, 0) is 11.2 Å². The fraction of sp³-hybridized carbons (Fsp3) is 0.174. The minimum absolute atomic E-state index is 0.123. The van der Waals surface area contributed by atoms with E-state index < -0.39 is 0 Å². The third-order valence-electron chi connectivity index (χ3n) is 4.26. The normalized spacial score (nSPS) is 10.3. The molecule has 1 amide bonds. The van der Waals surface area contributed by atoms with Gasteiger partial charge in [-0.2, -0.15) is 0 Å². The predicted molar refractivity (Wildman–Crippen MR) is 111 cm³/mol. The molecule has 0 radical (unpaired) electrons. The summed E-state index contributed by atoms with van der Waals surface area (Å²) in [5, 5.41) is 2.83. The third-order valence-corrected chi connectivity index (χ3v) is 4.26. The summed E-state index contributed by atoms with van der Waals surface area (Å²) in [7, 11) is 4.57. The lowest BCUT2D eigenvalue weighted by Crippen LogP contribution is -2.14. The molecule has 3 aromatic carbocycles. The first-order valence-corrected chi connectivity index (χ1v) is 9.14. The molecule has 0 aromatic heterocycles. The Hall–Kier alpha value is -3.74. The molecule has 3 rings (SSSR count). The van der Waals surface area contributed by atoms with Gasteiger partial charge in [-0.05, 0) is 54.1 Å². The van der Waals surface area contributed by atoms with Gasteiger partial charge in [-0.25, -0.2) is 4.39 Å². The van der Waals surface area contributed by atoms with E-state index in [4.69, 9.17) is 18.9 Å². The van der Waals surface area contributed by atoms with Gasteiger partial charge in [-0.1, -0.05) is 6.07 Å². The number of rotatable bonds is 8. The van der Waals surface area contributed by atoms with Crippen molar-refractivity contribution in [1.82, 2.24) is 0 Å². The highest BCUT2D eigenvalue weighted by molar-refractivity contribution is 5.92. The van der Waals surface area contributed by atoms with Crippen molar-refractivity contribution in [2.75, 3.05) is 26.6 Å². The topological polar surface area (TPSA) is 66.0 Å². The van der Waals surface area contributed by atoms with Gasteiger partial charge in [0.1, 0.15) is 17.3 Å². The number of hydrogen-bond donors (Lipinski definition) is 1. The average molecular weight is 411 g/mol. The van der Waals surface area contributed by atoms with Crippen molar-refractivity contribution in [2.45, 2.75) is 6.42 Å². The van der Waals surface area contributed by atoms with Gasteiger partial charge in [0.25, 0.3) is 0 Å². The number of ether oxygens (including phenoxy) is 4. The molecule has 0 aliphatic rings. The number of methoxy groups -OCH3 is 3. The minimum atomic E-state index is -0.372. The first kappa shape index (κ1) is 21.0. The van der Waals surface area contributed by atoms with Gasteiger partial charge in [-0.3, -0.25) is 4.79 Å². The van der Waals surface area contributed by atoms with Crippen LogP contribution in [-0.4, -0.2) is 27.2 Å². The molecule has 6 nitrogen and oxygen atoms in total. The van der Waals surface area contributed by atoms with Gasteiger partial charge in [0, 0.05) is 11.8 Å². The summed E-state index contributed by atoms with van der Waals surface area (Å²) in [6, 6.07) is 16.2. The van der Waals surface area contributed by atoms with Crippen LogP contribution in [0.4, 0.5) is 10.1 Å². The highest BCUT2D eigenvalue weighted by Crippen LogP contribution is 2.38. The lowest BCUT2D eigenvalue weighted by atomic mass is 10.1. The minimum Gasteiger partial charge on any atom is -0.493 e. The second-order valence-electron chi connectivity index (χ2n) is 6.34. The van der Waals surface area contributed by atoms with Crippen LogP contribution in [0.1, 0.15) is 5.56 Å². The quantitative estimate of drug-likeness (QED) is 0.575. The molecular formula is C23H22FNO5. The average Bonchev–Trinajstić information content (AvgIpc) is 2.74. The summed E-state index contributed by atoms with van der Waals surface area (Å²) in [6.07, 6.45) is 0.123. The molecule has 0 spiro atoms. The van der Waals surface area contributed by atoms with Gasteiger partial charge in [0.2, 0.25) is 11.7 Å². The number of carbonyl (C=O) groups excluding carboxylic acids is 1. The van der Waals surface area contributed by atoms with Gasteiger partial charge in [0.05, 0.1) is 27.8 Å². The lowest BCUT2D eigenvalue weighted by molar-refractivity contribution is -0.115. The van der Waals surface area contributed by atoms with Crippen molar-refractivity contribution < 1.29 is 28.1 Å². The number of nitrogens with one attached hydrogen (secondary N) is 1. The monoisotopic (exact) mass is 411 g/mol. The van der Waals surface area contributed by atoms with E-state index in [0.29, 0.717) is 40.0 Å². The second-order valence-corrected chi connectivity index (χ2v) is 6.34. The molecule has 0 unspecified atom stereocenters. The number of anilines is 1. The van der Waals surface area contributed by atoms with E-state index in [9.17, 15) is 9.18 Å². The maximum Gasteiger partial charge on any atom is 0.228 e. The van der Waals surface area contributed by atoms with Gasteiger partial charge >= 0.3 is 0 Å². The molecule has 1 N–H and O–H groups in total. The standard InChI is InChI=1S/C23H22FNO5/c1-27-20-11-15(12-21(28-2)23(20)29-3)13-22(26)25-17-7-9-18(10-8-17)30-19-6-4-5-16(24)14-19/h4-12,14H,13H2,1-3H3,(H,25,26). The highest BCUT2D eigenvalue weighted by atomic mass is 19.1. The predicted octanol–water partition coefficient (Wildman–Crippen LogP) is 4.83. The van der Waals surface area contributed by atoms with Gasteiger partial charge < -0.3 is 24.3 Å². The van der Waals surface area contributed by atoms with Crippen LogP contribution in [0.2, 0.25) is 0 Å². The zero-order valence-electron chi connectivity index (χ0n) is 16.9. The molecule has 3 aromatic rings. The van der Waals surface area contributed by atoms with Crippen LogP contribution in [0.15, 0.2) is 60.7 Å². The van der Waals surface area contributed by atoms with Crippen molar-refractivity contribution in [3.05, 3.63) is 72.0 Å². The van der Waals surface area contributed by atoms with E-state index in [2.05, 4.69) is 5.32 Å². The number of halogens is 1. The molecule has 30 heavy (non-hydrogen) atoms.